The van der Waals surface area contributed by atoms with E-state index in [-0.39, 0.29) is 25.7 Å². The summed E-state index contributed by atoms with van der Waals surface area (Å²) in [6, 6.07) is 0. The average Bonchev–Trinajstić information content (AvgIpc) is 1.82. The summed E-state index contributed by atoms with van der Waals surface area (Å²) in [4.78, 5) is 72.7. The van der Waals surface area contributed by atoms with Gasteiger partial charge in [0, 0.05) is 25.7 Å². The number of unbranched alkanes of at least 4 members (excludes halogenated alkanes) is 47. The molecule has 3 N–H and O–H groups in total. The molecule has 0 fully saturated rings. The quantitative estimate of drug-likeness (QED) is 0.0222. The van der Waals surface area contributed by atoms with Crippen LogP contribution in [0, 0.1) is 5.92 Å². The second-order valence-electron chi connectivity index (χ2n) is 27.5. The van der Waals surface area contributed by atoms with Crippen LogP contribution in [-0.2, 0) is 65.4 Å². The maximum atomic E-state index is 13.1. The van der Waals surface area contributed by atoms with Crippen LogP contribution >= 0.6 is 15.6 Å². The Bertz CT molecular complexity index is 1810. The van der Waals surface area contributed by atoms with E-state index in [0.717, 1.165) is 95.8 Å². The number of aliphatic hydroxyl groups excluding tert-OH is 1. The Balaban J connectivity index is 5.23. The van der Waals surface area contributed by atoms with Crippen molar-refractivity contribution < 1.29 is 80.2 Å². The Hall–Kier alpha value is -1.94. The fourth-order valence-corrected chi connectivity index (χ4v) is 13.1. The summed E-state index contributed by atoms with van der Waals surface area (Å²) in [5.74, 6) is -1.32. The van der Waals surface area contributed by atoms with Crippen LogP contribution in [0.5, 0.6) is 0 Å². The highest BCUT2D eigenvalue weighted by Crippen LogP contribution is 2.45. The second-order valence-corrected chi connectivity index (χ2v) is 30.4. The van der Waals surface area contributed by atoms with Gasteiger partial charge in [-0.2, -0.15) is 0 Å². The van der Waals surface area contributed by atoms with Gasteiger partial charge in [-0.3, -0.25) is 37.3 Å². The molecule has 0 heterocycles. The normalized spacial score (nSPS) is 14.0. The number of phosphoric acid groups is 2. The Morgan fingerprint density at radius 2 is 0.489 bits per heavy atom. The van der Waals surface area contributed by atoms with Crippen LogP contribution in [0.1, 0.15) is 394 Å². The molecule has 0 bridgehead atoms. The van der Waals surface area contributed by atoms with Crippen molar-refractivity contribution in [2.45, 2.75) is 412 Å². The molecule has 0 radical (unpaired) electrons. The van der Waals surface area contributed by atoms with E-state index >= 15 is 0 Å². The number of esters is 4. The van der Waals surface area contributed by atoms with Gasteiger partial charge in [0.1, 0.15) is 19.3 Å². The van der Waals surface area contributed by atoms with Crippen LogP contribution in [0.25, 0.3) is 0 Å². The molecule has 0 aliphatic rings. The summed E-state index contributed by atoms with van der Waals surface area (Å²) in [5.41, 5.74) is 0. The minimum Gasteiger partial charge on any atom is -0.462 e. The molecular formula is C75H146O17P2. The maximum Gasteiger partial charge on any atom is 0.472 e. The largest absolute Gasteiger partial charge is 0.472 e. The van der Waals surface area contributed by atoms with E-state index in [4.69, 9.17) is 37.0 Å². The minimum absolute atomic E-state index is 0.107. The molecule has 0 spiro atoms. The molecule has 0 aromatic rings. The molecule has 5 atom stereocenters. The van der Waals surface area contributed by atoms with E-state index in [1.54, 1.807) is 0 Å². The SMILES string of the molecule is CCCCCCCCCCCCCCCCCCCC(=O)O[C@H](COC(=O)CCCCCCCCCCCCCCCC(C)C)COP(=O)(O)OC[C@@H](O)COP(=O)(O)OC[C@@H](COC(=O)CCCCCCCCCCCC)OC(=O)CCCCCCCCCCCCC. The van der Waals surface area contributed by atoms with Crippen molar-refractivity contribution in [3.05, 3.63) is 0 Å². The molecule has 19 heteroatoms. The molecular weight excluding hydrogens is 1230 g/mol. The summed E-state index contributed by atoms with van der Waals surface area (Å²) in [6.45, 7) is 7.30. The van der Waals surface area contributed by atoms with Gasteiger partial charge in [-0.15, -0.1) is 0 Å². The Morgan fingerprint density at radius 3 is 0.723 bits per heavy atom. The van der Waals surface area contributed by atoms with E-state index in [1.165, 1.54) is 218 Å². The van der Waals surface area contributed by atoms with Gasteiger partial charge in [0.05, 0.1) is 26.4 Å². The van der Waals surface area contributed by atoms with Gasteiger partial charge in [0.25, 0.3) is 0 Å². The monoisotopic (exact) mass is 1380 g/mol. The average molecular weight is 1380 g/mol. The highest BCUT2D eigenvalue weighted by molar-refractivity contribution is 7.47. The van der Waals surface area contributed by atoms with Crippen LogP contribution in [0.4, 0.5) is 0 Å². The van der Waals surface area contributed by atoms with Gasteiger partial charge in [0.15, 0.2) is 12.2 Å². The lowest BCUT2D eigenvalue weighted by atomic mass is 10.0. The van der Waals surface area contributed by atoms with E-state index in [0.29, 0.717) is 25.7 Å². The van der Waals surface area contributed by atoms with E-state index in [1.807, 2.05) is 0 Å². The maximum absolute atomic E-state index is 13.1. The number of carbonyl (C=O) groups excluding carboxylic acids is 4. The topological polar surface area (TPSA) is 237 Å². The zero-order valence-corrected chi connectivity index (χ0v) is 62.9. The molecule has 558 valence electrons. The first kappa shape index (κ1) is 92.1. The van der Waals surface area contributed by atoms with E-state index in [2.05, 4.69) is 34.6 Å². The van der Waals surface area contributed by atoms with E-state index in [9.17, 15) is 43.2 Å². The number of ether oxygens (including phenoxy) is 4. The zero-order chi connectivity index (χ0) is 69.1. The molecule has 0 saturated carbocycles. The first-order valence-corrected chi connectivity index (χ1v) is 42.1. The first-order chi connectivity index (χ1) is 45.5. The van der Waals surface area contributed by atoms with Crippen molar-refractivity contribution in [3.8, 4) is 0 Å². The number of hydrogen-bond acceptors (Lipinski definition) is 15. The first-order valence-electron chi connectivity index (χ1n) is 39.1. The van der Waals surface area contributed by atoms with Crippen LogP contribution in [0.15, 0.2) is 0 Å². The predicted molar refractivity (Wildman–Crippen MR) is 382 cm³/mol. The molecule has 2 unspecified atom stereocenters. The lowest BCUT2D eigenvalue weighted by Gasteiger charge is -2.21. The number of phosphoric ester groups is 2. The summed E-state index contributed by atoms with van der Waals surface area (Å²) in [7, 11) is -9.91. The summed E-state index contributed by atoms with van der Waals surface area (Å²) >= 11 is 0. The van der Waals surface area contributed by atoms with Gasteiger partial charge in [-0.1, -0.05) is 343 Å². The van der Waals surface area contributed by atoms with Gasteiger partial charge >= 0.3 is 39.5 Å². The fourth-order valence-electron chi connectivity index (χ4n) is 11.5. The van der Waals surface area contributed by atoms with Crippen LogP contribution in [-0.4, -0.2) is 96.7 Å². The summed E-state index contributed by atoms with van der Waals surface area (Å²) in [5, 5.41) is 10.6. The smallest absolute Gasteiger partial charge is 0.462 e. The fraction of sp³-hybridized carbons (Fsp3) is 0.947. The van der Waals surface area contributed by atoms with Crippen molar-refractivity contribution >= 4 is 39.5 Å². The molecule has 0 aromatic carbocycles. The molecule has 0 aliphatic heterocycles. The second kappa shape index (κ2) is 68.2. The number of hydrogen-bond donors (Lipinski definition) is 3. The lowest BCUT2D eigenvalue weighted by Crippen LogP contribution is -2.30. The van der Waals surface area contributed by atoms with E-state index < -0.39 is 97.5 Å². The van der Waals surface area contributed by atoms with Crippen LogP contribution in [0.3, 0.4) is 0 Å². The van der Waals surface area contributed by atoms with Crippen LogP contribution in [0.2, 0.25) is 0 Å². The lowest BCUT2D eigenvalue weighted by molar-refractivity contribution is -0.161. The highest BCUT2D eigenvalue weighted by Gasteiger charge is 2.30. The molecule has 0 rings (SSSR count). The third kappa shape index (κ3) is 68.6. The predicted octanol–water partition coefficient (Wildman–Crippen LogP) is 22.1. The molecule has 0 amide bonds. The Labute approximate surface area is 575 Å². The Kier molecular flexibility index (Phi) is 66.8. The third-order valence-electron chi connectivity index (χ3n) is 17.5. The van der Waals surface area contributed by atoms with Crippen molar-refractivity contribution in [2.24, 2.45) is 5.92 Å². The number of aliphatic hydroxyl groups is 1. The summed E-state index contributed by atoms with van der Waals surface area (Å²) < 4.78 is 68.5. The molecule has 94 heavy (non-hydrogen) atoms. The highest BCUT2D eigenvalue weighted by atomic mass is 31.2. The minimum atomic E-state index is -4.96. The molecule has 0 aliphatic carbocycles. The zero-order valence-electron chi connectivity index (χ0n) is 61.1. The molecule has 17 nitrogen and oxygen atoms in total. The van der Waals surface area contributed by atoms with Gasteiger partial charge < -0.3 is 33.8 Å². The van der Waals surface area contributed by atoms with Crippen LogP contribution < -0.4 is 0 Å². The van der Waals surface area contributed by atoms with Gasteiger partial charge in [-0.25, -0.2) is 9.13 Å². The van der Waals surface area contributed by atoms with Crippen molar-refractivity contribution in [3.63, 3.8) is 0 Å². The molecule has 0 aromatic heterocycles. The Morgan fingerprint density at radius 1 is 0.287 bits per heavy atom. The van der Waals surface area contributed by atoms with Gasteiger partial charge in [0.2, 0.25) is 0 Å². The molecule has 0 saturated heterocycles. The third-order valence-corrected chi connectivity index (χ3v) is 19.4. The number of carbonyl (C=O) groups is 4. The standard InChI is InChI=1S/C75H146O17P2/c1-6-9-12-15-18-21-24-25-26-27-28-31-36-41-46-51-56-61-75(80)92-71(65-86-73(78)59-54-49-44-39-35-32-29-30-34-37-42-47-52-57-68(4)5)67-90-94(83,84)88-63-69(76)62-87-93(81,82)89-66-70(64-85-72(77)58-53-48-43-38-23-20-17-14-11-8-3)91-74(79)60-55-50-45-40-33-22-19-16-13-10-7-2/h68-71,76H,6-67H2,1-5H3,(H,81,82)(H,83,84)/t69-,70+,71+/m0/s1. The summed E-state index contributed by atoms with van der Waals surface area (Å²) in [6.07, 6.45) is 56.7. The number of rotatable bonds is 75. The van der Waals surface area contributed by atoms with Crippen molar-refractivity contribution in [1.82, 2.24) is 0 Å². The van der Waals surface area contributed by atoms with Gasteiger partial charge in [-0.05, 0) is 31.6 Å². The van der Waals surface area contributed by atoms with Crippen molar-refractivity contribution in [1.29, 1.82) is 0 Å². The van der Waals surface area contributed by atoms with Crippen molar-refractivity contribution in [2.75, 3.05) is 39.6 Å².